The van der Waals surface area contributed by atoms with E-state index in [1.54, 1.807) is 0 Å². The lowest BCUT2D eigenvalue weighted by Crippen LogP contribution is -2.30. The zero-order valence-corrected chi connectivity index (χ0v) is 10.6. The molecule has 3 unspecified atom stereocenters. The number of benzene rings is 2. The maximum Gasteiger partial charge on any atom is 0.183 e. The Kier molecular flexibility index (Phi) is 3.34. The highest BCUT2D eigenvalue weighted by Gasteiger charge is 2.41. The second-order valence-corrected chi connectivity index (χ2v) is 4.92. The molecule has 3 nitrogen and oxygen atoms in total. The Balaban J connectivity index is 1.69. The fraction of sp³-hybridized carbons (Fsp3) is 0.250. The van der Waals surface area contributed by atoms with Crippen LogP contribution >= 0.6 is 0 Å². The van der Waals surface area contributed by atoms with E-state index in [0.717, 1.165) is 12.0 Å². The molecule has 3 N–H and O–H groups in total. The summed E-state index contributed by atoms with van der Waals surface area (Å²) in [4.78, 5) is 0. The Hall–Kier alpha value is -1.68. The number of ether oxygens (including phenoxy) is 1. The molecular weight excluding hydrogens is 238 g/mol. The molecule has 0 saturated carbocycles. The lowest BCUT2D eigenvalue weighted by Gasteiger charge is -2.09. The van der Waals surface area contributed by atoms with Crippen LogP contribution in [0.5, 0.6) is 0 Å². The summed E-state index contributed by atoms with van der Waals surface area (Å²) in [5.41, 5.74) is 9.53. The summed E-state index contributed by atoms with van der Waals surface area (Å²) < 4.78 is 4.97. The van der Waals surface area contributed by atoms with Crippen LogP contribution in [0.2, 0.25) is 0 Å². The maximum atomic E-state index is 9.17. The highest BCUT2D eigenvalue weighted by Crippen LogP contribution is 2.24. The summed E-state index contributed by atoms with van der Waals surface area (Å²) in [6.07, 6.45) is -0.149. The van der Waals surface area contributed by atoms with Crippen LogP contribution in [-0.2, 0) is 11.2 Å². The first-order chi connectivity index (χ1) is 9.24. The van der Waals surface area contributed by atoms with Gasteiger partial charge in [0.05, 0.1) is 0 Å². The maximum absolute atomic E-state index is 9.17. The fourth-order valence-corrected chi connectivity index (χ4v) is 2.28. The Labute approximate surface area is 112 Å². The third-order valence-electron chi connectivity index (χ3n) is 3.46. The molecule has 0 aliphatic carbocycles. The number of epoxide rings is 1. The molecule has 1 saturated heterocycles. The van der Waals surface area contributed by atoms with Gasteiger partial charge in [-0.25, -0.2) is 0 Å². The van der Waals surface area contributed by atoms with Gasteiger partial charge in [-0.1, -0.05) is 54.6 Å². The molecule has 3 atom stereocenters. The van der Waals surface area contributed by atoms with E-state index in [-0.39, 0.29) is 12.1 Å². The summed E-state index contributed by atoms with van der Waals surface area (Å²) >= 11 is 0. The van der Waals surface area contributed by atoms with Gasteiger partial charge in [0, 0.05) is 6.04 Å². The van der Waals surface area contributed by atoms with Gasteiger partial charge in [-0.15, -0.1) is 0 Å². The minimum absolute atomic E-state index is 0.141. The van der Waals surface area contributed by atoms with Crippen LogP contribution in [0.25, 0.3) is 11.1 Å². The minimum atomic E-state index is -0.668. The number of aliphatic hydroxyl groups excluding tert-OH is 1. The molecular formula is C16H17NO2. The normalized spacial score (nSPS) is 23.1. The van der Waals surface area contributed by atoms with E-state index in [0.29, 0.717) is 0 Å². The molecule has 0 aromatic heterocycles. The van der Waals surface area contributed by atoms with Gasteiger partial charge < -0.3 is 15.6 Å². The molecule has 0 spiro atoms. The molecule has 3 rings (SSSR count). The van der Waals surface area contributed by atoms with Gasteiger partial charge in [0.1, 0.15) is 6.10 Å². The zero-order chi connectivity index (χ0) is 13.2. The molecule has 1 aliphatic rings. The van der Waals surface area contributed by atoms with E-state index in [1.807, 2.05) is 18.2 Å². The summed E-state index contributed by atoms with van der Waals surface area (Å²) in [7, 11) is 0. The van der Waals surface area contributed by atoms with E-state index in [2.05, 4.69) is 36.4 Å². The fourth-order valence-electron chi connectivity index (χ4n) is 2.28. The standard InChI is InChI=1S/C16H17NO2/c17-14(15-16(18)19-15)10-11-6-8-13(9-7-11)12-4-2-1-3-5-12/h1-9,14-16,18H,10,17H2. The third-order valence-corrected chi connectivity index (χ3v) is 3.46. The molecule has 98 valence electrons. The molecule has 2 aromatic rings. The van der Waals surface area contributed by atoms with Crippen molar-refractivity contribution in [1.82, 2.24) is 0 Å². The largest absolute Gasteiger partial charge is 0.366 e. The van der Waals surface area contributed by atoms with Crippen LogP contribution in [0, 0.1) is 0 Å². The van der Waals surface area contributed by atoms with Gasteiger partial charge >= 0.3 is 0 Å². The number of hydrogen-bond donors (Lipinski definition) is 2. The van der Waals surface area contributed by atoms with Gasteiger partial charge in [0.25, 0.3) is 0 Å². The number of nitrogens with two attached hydrogens (primary N) is 1. The lowest BCUT2D eigenvalue weighted by atomic mass is 10.00. The predicted octanol–water partition coefficient (Wildman–Crippen LogP) is 1.94. The highest BCUT2D eigenvalue weighted by molar-refractivity contribution is 5.63. The van der Waals surface area contributed by atoms with E-state index in [4.69, 9.17) is 15.6 Å². The molecule has 2 aromatic carbocycles. The third kappa shape index (κ3) is 2.84. The summed E-state index contributed by atoms with van der Waals surface area (Å²) in [5, 5.41) is 9.17. The Morgan fingerprint density at radius 3 is 2.16 bits per heavy atom. The zero-order valence-electron chi connectivity index (χ0n) is 10.6. The van der Waals surface area contributed by atoms with Crippen molar-refractivity contribution in [3.63, 3.8) is 0 Å². The first kappa shape index (κ1) is 12.4. The first-order valence-corrected chi connectivity index (χ1v) is 6.47. The molecule has 3 heteroatoms. The molecule has 1 heterocycles. The van der Waals surface area contributed by atoms with Crippen LogP contribution in [0.3, 0.4) is 0 Å². The van der Waals surface area contributed by atoms with Crippen molar-refractivity contribution in [2.45, 2.75) is 24.9 Å². The Bertz CT molecular complexity index is 538. The van der Waals surface area contributed by atoms with Crippen LogP contribution in [-0.4, -0.2) is 23.5 Å². The van der Waals surface area contributed by atoms with Crippen LogP contribution in [0.1, 0.15) is 5.56 Å². The molecule has 0 amide bonds. The van der Waals surface area contributed by atoms with Crippen LogP contribution in [0.15, 0.2) is 54.6 Å². The SMILES string of the molecule is NC(Cc1ccc(-c2ccccc2)cc1)C1OC1O. The van der Waals surface area contributed by atoms with Crippen LogP contribution < -0.4 is 5.73 Å². The van der Waals surface area contributed by atoms with E-state index in [1.165, 1.54) is 11.1 Å². The number of hydrogen-bond acceptors (Lipinski definition) is 3. The highest BCUT2D eigenvalue weighted by atomic mass is 16.7. The van der Waals surface area contributed by atoms with Gasteiger partial charge in [0.15, 0.2) is 6.29 Å². The topological polar surface area (TPSA) is 58.8 Å². The molecule has 0 bridgehead atoms. The van der Waals surface area contributed by atoms with Gasteiger partial charge in [-0.2, -0.15) is 0 Å². The molecule has 0 radical (unpaired) electrons. The Morgan fingerprint density at radius 1 is 1.00 bits per heavy atom. The van der Waals surface area contributed by atoms with E-state index >= 15 is 0 Å². The van der Waals surface area contributed by atoms with Gasteiger partial charge in [-0.05, 0) is 23.1 Å². The smallest absolute Gasteiger partial charge is 0.183 e. The van der Waals surface area contributed by atoms with E-state index in [9.17, 15) is 0 Å². The van der Waals surface area contributed by atoms with E-state index < -0.39 is 6.29 Å². The molecule has 1 fully saturated rings. The first-order valence-electron chi connectivity index (χ1n) is 6.47. The van der Waals surface area contributed by atoms with Crippen molar-refractivity contribution < 1.29 is 9.84 Å². The lowest BCUT2D eigenvalue weighted by molar-refractivity contribution is 0.155. The van der Waals surface area contributed by atoms with Crippen molar-refractivity contribution in [3.05, 3.63) is 60.2 Å². The quantitative estimate of drug-likeness (QED) is 0.821. The van der Waals surface area contributed by atoms with Crippen molar-refractivity contribution in [2.24, 2.45) is 5.73 Å². The van der Waals surface area contributed by atoms with Gasteiger partial charge in [-0.3, -0.25) is 0 Å². The molecule has 1 aliphatic heterocycles. The average molecular weight is 255 g/mol. The predicted molar refractivity (Wildman–Crippen MR) is 74.4 cm³/mol. The number of aliphatic hydroxyl groups is 1. The van der Waals surface area contributed by atoms with Crippen molar-refractivity contribution >= 4 is 0 Å². The molecule has 19 heavy (non-hydrogen) atoms. The van der Waals surface area contributed by atoms with Crippen molar-refractivity contribution in [2.75, 3.05) is 0 Å². The minimum Gasteiger partial charge on any atom is -0.366 e. The van der Waals surface area contributed by atoms with Crippen LogP contribution in [0.4, 0.5) is 0 Å². The van der Waals surface area contributed by atoms with Gasteiger partial charge in [0.2, 0.25) is 0 Å². The summed E-state index contributed by atoms with van der Waals surface area (Å²) in [6.45, 7) is 0. The number of rotatable bonds is 4. The van der Waals surface area contributed by atoms with Crippen molar-refractivity contribution in [3.8, 4) is 11.1 Å². The monoisotopic (exact) mass is 255 g/mol. The second-order valence-electron chi connectivity index (χ2n) is 4.92. The summed E-state index contributed by atoms with van der Waals surface area (Å²) in [5.74, 6) is 0. The summed E-state index contributed by atoms with van der Waals surface area (Å²) in [6, 6.07) is 18.5. The average Bonchev–Trinajstić information content (AvgIpc) is 3.18. The Morgan fingerprint density at radius 2 is 1.58 bits per heavy atom. The van der Waals surface area contributed by atoms with Crippen molar-refractivity contribution in [1.29, 1.82) is 0 Å². The second kappa shape index (κ2) is 5.13.